The fourth-order valence-corrected chi connectivity index (χ4v) is 2.11. The molecule has 0 unspecified atom stereocenters. The van der Waals surface area contributed by atoms with Crippen LogP contribution in [-0.4, -0.2) is 18.1 Å². The number of hydrogen-bond donors (Lipinski definition) is 2. The molecule has 0 fully saturated rings. The molecule has 2 rings (SSSR count). The van der Waals surface area contributed by atoms with Crippen molar-refractivity contribution in [2.24, 2.45) is 0 Å². The van der Waals surface area contributed by atoms with Gasteiger partial charge in [0.05, 0.1) is 11.3 Å². The van der Waals surface area contributed by atoms with E-state index in [0.29, 0.717) is 11.4 Å². The summed E-state index contributed by atoms with van der Waals surface area (Å²) in [5.41, 5.74) is 9.12. The monoisotopic (exact) mass is 270 g/mol. The van der Waals surface area contributed by atoms with Crippen molar-refractivity contribution >= 4 is 23.0 Å². The van der Waals surface area contributed by atoms with Crippen molar-refractivity contribution in [1.82, 2.24) is 0 Å². The third kappa shape index (κ3) is 2.74. The summed E-state index contributed by atoms with van der Waals surface area (Å²) in [5.74, 6) is -0.982. The molecule has 0 radical (unpaired) electrons. The molecule has 4 heteroatoms. The fraction of sp³-hybridized carbons (Fsp3) is 0.188. The normalized spacial score (nSPS) is 10.3. The second-order valence-electron chi connectivity index (χ2n) is 4.66. The van der Waals surface area contributed by atoms with Crippen molar-refractivity contribution in [3.05, 3.63) is 53.6 Å². The highest BCUT2D eigenvalue weighted by Crippen LogP contribution is 2.28. The predicted octanol–water partition coefficient (Wildman–Crippen LogP) is 3.30. The third-order valence-corrected chi connectivity index (χ3v) is 3.34. The Kier molecular flexibility index (Phi) is 3.94. The molecule has 0 saturated heterocycles. The molecule has 0 saturated carbocycles. The predicted molar refractivity (Wildman–Crippen MR) is 81.7 cm³/mol. The molecule has 104 valence electrons. The molecule has 0 spiro atoms. The number of nitrogens with zero attached hydrogens (tertiary/aromatic N) is 1. The maximum atomic E-state index is 11.3. The molecule has 20 heavy (non-hydrogen) atoms. The maximum Gasteiger partial charge on any atom is 0.337 e. The van der Waals surface area contributed by atoms with Gasteiger partial charge in [0, 0.05) is 18.4 Å². The summed E-state index contributed by atoms with van der Waals surface area (Å²) in [7, 11) is 1.85. The number of carboxylic acids is 1. The first-order valence-electron chi connectivity index (χ1n) is 6.48. The Hall–Kier alpha value is -2.49. The van der Waals surface area contributed by atoms with E-state index in [2.05, 4.69) is 6.92 Å². The minimum Gasteiger partial charge on any atom is -0.478 e. The zero-order valence-electron chi connectivity index (χ0n) is 11.6. The van der Waals surface area contributed by atoms with Gasteiger partial charge in [0.15, 0.2) is 0 Å². The molecule has 0 heterocycles. The van der Waals surface area contributed by atoms with E-state index in [1.165, 1.54) is 11.6 Å². The smallest absolute Gasteiger partial charge is 0.337 e. The molecule has 0 aliphatic carbocycles. The second kappa shape index (κ2) is 5.65. The zero-order valence-corrected chi connectivity index (χ0v) is 11.6. The van der Waals surface area contributed by atoms with Crippen LogP contribution in [0.1, 0.15) is 22.8 Å². The molecule has 0 aliphatic heterocycles. The van der Waals surface area contributed by atoms with Crippen molar-refractivity contribution in [3.63, 3.8) is 0 Å². The SMILES string of the molecule is CCc1ccc(N(C)c2ccc(N)cc2C(=O)O)cc1. The number of benzene rings is 2. The van der Waals surface area contributed by atoms with Gasteiger partial charge in [-0.15, -0.1) is 0 Å². The topological polar surface area (TPSA) is 66.6 Å². The number of aromatic carboxylic acids is 1. The van der Waals surface area contributed by atoms with E-state index in [4.69, 9.17) is 5.73 Å². The Morgan fingerprint density at radius 3 is 2.40 bits per heavy atom. The molecule has 0 amide bonds. The van der Waals surface area contributed by atoms with Crippen LogP contribution >= 0.6 is 0 Å². The van der Waals surface area contributed by atoms with Crippen LogP contribution in [0.4, 0.5) is 17.1 Å². The number of carbonyl (C=O) groups is 1. The minimum absolute atomic E-state index is 0.201. The van der Waals surface area contributed by atoms with Crippen LogP contribution in [0.5, 0.6) is 0 Å². The van der Waals surface area contributed by atoms with Gasteiger partial charge in [-0.3, -0.25) is 0 Å². The Labute approximate surface area is 118 Å². The lowest BCUT2D eigenvalue weighted by Gasteiger charge is -2.22. The summed E-state index contributed by atoms with van der Waals surface area (Å²) in [6, 6.07) is 13.0. The lowest BCUT2D eigenvalue weighted by molar-refractivity contribution is 0.0697. The van der Waals surface area contributed by atoms with Crippen molar-refractivity contribution < 1.29 is 9.90 Å². The summed E-state index contributed by atoms with van der Waals surface area (Å²) >= 11 is 0. The fourth-order valence-electron chi connectivity index (χ4n) is 2.11. The van der Waals surface area contributed by atoms with E-state index >= 15 is 0 Å². The molecule has 2 aromatic rings. The van der Waals surface area contributed by atoms with Crippen molar-refractivity contribution in [2.45, 2.75) is 13.3 Å². The number of aryl methyl sites for hydroxylation is 1. The van der Waals surface area contributed by atoms with E-state index in [1.54, 1.807) is 12.1 Å². The number of hydrogen-bond acceptors (Lipinski definition) is 3. The van der Waals surface area contributed by atoms with Gasteiger partial charge < -0.3 is 15.7 Å². The summed E-state index contributed by atoms with van der Waals surface area (Å²) in [4.78, 5) is 13.2. The standard InChI is InChI=1S/C16H18N2O2/c1-3-11-4-7-13(8-5-11)18(2)15-9-6-12(17)10-14(15)16(19)20/h4-10H,3,17H2,1-2H3,(H,19,20). The molecule has 0 bridgehead atoms. The van der Waals surface area contributed by atoms with Crippen molar-refractivity contribution in [1.29, 1.82) is 0 Å². The van der Waals surface area contributed by atoms with Crippen LogP contribution in [0, 0.1) is 0 Å². The number of nitrogens with two attached hydrogens (primary N) is 1. The van der Waals surface area contributed by atoms with Gasteiger partial charge in [-0.05, 0) is 42.3 Å². The molecular formula is C16H18N2O2. The van der Waals surface area contributed by atoms with Gasteiger partial charge in [-0.1, -0.05) is 19.1 Å². The van der Waals surface area contributed by atoms with Crippen LogP contribution in [0.15, 0.2) is 42.5 Å². The Balaban J connectivity index is 2.41. The van der Waals surface area contributed by atoms with E-state index < -0.39 is 5.97 Å². The van der Waals surface area contributed by atoms with Gasteiger partial charge in [-0.25, -0.2) is 4.79 Å². The van der Waals surface area contributed by atoms with E-state index in [-0.39, 0.29) is 5.56 Å². The number of rotatable bonds is 4. The van der Waals surface area contributed by atoms with Gasteiger partial charge in [0.1, 0.15) is 0 Å². The lowest BCUT2D eigenvalue weighted by atomic mass is 10.1. The van der Waals surface area contributed by atoms with Gasteiger partial charge in [-0.2, -0.15) is 0 Å². The number of carboxylic acid groups (broad SMARTS) is 1. The number of anilines is 3. The lowest BCUT2D eigenvalue weighted by Crippen LogP contribution is -2.14. The first-order valence-corrected chi connectivity index (χ1v) is 6.48. The summed E-state index contributed by atoms with van der Waals surface area (Å²) in [5, 5.41) is 9.29. The van der Waals surface area contributed by atoms with E-state index in [9.17, 15) is 9.90 Å². The van der Waals surface area contributed by atoms with E-state index in [0.717, 1.165) is 12.1 Å². The molecule has 0 aromatic heterocycles. The highest BCUT2D eigenvalue weighted by Gasteiger charge is 2.15. The molecular weight excluding hydrogens is 252 g/mol. The zero-order chi connectivity index (χ0) is 14.7. The van der Waals surface area contributed by atoms with Crippen LogP contribution in [0.3, 0.4) is 0 Å². The van der Waals surface area contributed by atoms with Crippen LogP contribution in [0.2, 0.25) is 0 Å². The average molecular weight is 270 g/mol. The quantitative estimate of drug-likeness (QED) is 0.836. The van der Waals surface area contributed by atoms with Crippen molar-refractivity contribution in [2.75, 3.05) is 17.7 Å². The van der Waals surface area contributed by atoms with Crippen LogP contribution in [-0.2, 0) is 6.42 Å². The molecule has 0 atom stereocenters. The highest BCUT2D eigenvalue weighted by molar-refractivity contribution is 5.96. The van der Waals surface area contributed by atoms with Gasteiger partial charge in [0.2, 0.25) is 0 Å². The van der Waals surface area contributed by atoms with Crippen molar-refractivity contribution in [3.8, 4) is 0 Å². The summed E-state index contributed by atoms with van der Waals surface area (Å²) in [6.07, 6.45) is 0.978. The minimum atomic E-state index is -0.982. The molecule has 2 aromatic carbocycles. The Morgan fingerprint density at radius 1 is 1.20 bits per heavy atom. The Morgan fingerprint density at radius 2 is 1.85 bits per heavy atom. The first-order chi connectivity index (χ1) is 9.52. The highest BCUT2D eigenvalue weighted by atomic mass is 16.4. The van der Waals surface area contributed by atoms with Gasteiger partial charge in [0.25, 0.3) is 0 Å². The summed E-state index contributed by atoms with van der Waals surface area (Å²) < 4.78 is 0. The maximum absolute atomic E-state index is 11.3. The molecule has 0 aliphatic rings. The number of nitrogen functional groups attached to an aromatic ring is 1. The molecule has 3 N–H and O–H groups in total. The second-order valence-corrected chi connectivity index (χ2v) is 4.66. The van der Waals surface area contributed by atoms with E-state index in [1.807, 2.05) is 36.2 Å². The average Bonchev–Trinajstić information content (AvgIpc) is 2.46. The largest absolute Gasteiger partial charge is 0.478 e. The first kappa shape index (κ1) is 13.9. The summed E-state index contributed by atoms with van der Waals surface area (Å²) in [6.45, 7) is 2.10. The van der Waals surface area contributed by atoms with Crippen LogP contribution < -0.4 is 10.6 Å². The van der Waals surface area contributed by atoms with Crippen LogP contribution in [0.25, 0.3) is 0 Å². The molecule has 4 nitrogen and oxygen atoms in total. The van der Waals surface area contributed by atoms with Gasteiger partial charge >= 0.3 is 5.97 Å². The Bertz CT molecular complexity index is 621. The third-order valence-electron chi connectivity index (χ3n) is 3.34.